The van der Waals surface area contributed by atoms with Gasteiger partial charge in [0.25, 0.3) is 5.69 Å². The number of anilines is 1. The van der Waals surface area contributed by atoms with Crippen molar-refractivity contribution in [1.82, 2.24) is 4.98 Å². The van der Waals surface area contributed by atoms with Crippen LogP contribution in [-0.4, -0.2) is 29.6 Å². The molecule has 0 amide bonds. The number of thiazole rings is 1. The molecule has 3 rings (SSSR count). The van der Waals surface area contributed by atoms with Crippen LogP contribution in [0.4, 0.5) is 24.5 Å². The number of morpholine rings is 1. The number of hydrogen-bond donors (Lipinski definition) is 0. The zero-order chi connectivity index (χ0) is 21.6. The topological polar surface area (TPSA) is 68.5 Å². The van der Waals surface area contributed by atoms with Crippen LogP contribution in [0.1, 0.15) is 43.1 Å². The van der Waals surface area contributed by atoms with Crippen molar-refractivity contribution in [3.8, 4) is 0 Å². The minimum atomic E-state index is -4.78. The minimum absolute atomic E-state index is 0.0360. The molecule has 2 heterocycles. The van der Waals surface area contributed by atoms with Crippen LogP contribution in [0.3, 0.4) is 0 Å². The molecule has 1 aromatic carbocycles. The Bertz CT molecular complexity index is 927. The third-order valence-electron chi connectivity index (χ3n) is 4.54. The molecule has 1 aromatic heterocycles. The molecule has 158 valence electrons. The van der Waals surface area contributed by atoms with Gasteiger partial charge in [-0.1, -0.05) is 32.4 Å². The maximum atomic E-state index is 13.1. The highest BCUT2D eigenvalue weighted by molar-refractivity contribution is 7.09. The summed E-state index contributed by atoms with van der Waals surface area (Å²) in [5.41, 5.74) is -1.07. The summed E-state index contributed by atoms with van der Waals surface area (Å²) in [5, 5.41) is 13.5. The molecule has 0 bridgehead atoms. The zero-order valence-corrected chi connectivity index (χ0v) is 17.5. The molecule has 0 unspecified atom stereocenters. The first-order chi connectivity index (χ1) is 13.4. The maximum Gasteiger partial charge on any atom is 0.418 e. The number of nitro benzene ring substituents is 1. The van der Waals surface area contributed by atoms with Crippen LogP contribution in [0.15, 0.2) is 17.5 Å². The number of ether oxygens (including phenoxy) is 1. The largest absolute Gasteiger partial charge is 0.418 e. The van der Waals surface area contributed by atoms with E-state index < -0.39 is 33.5 Å². The summed E-state index contributed by atoms with van der Waals surface area (Å²) >= 11 is 7.23. The van der Waals surface area contributed by atoms with Gasteiger partial charge in [0.2, 0.25) is 0 Å². The Morgan fingerprint density at radius 1 is 1.34 bits per heavy atom. The summed E-state index contributed by atoms with van der Waals surface area (Å²) in [6.07, 6.45) is -5.22. The first-order valence-electron chi connectivity index (χ1n) is 8.75. The van der Waals surface area contributed by atoms with Gasteiger partial charge in [-0.2, -0.15) is 13.2 Å². The van der Waals surface area contributed by atoms with Gasteiger partial charge in [0.1, 0.15) is 16.8 Å². The first-order valence-corrected chi connectivity index (χ1v) is 10.0. The third-order valence-corrected chi connectivity index (χ3v) is 5.79. The predicted octanol–water partition coefficient (Wildman–Crippen LogP) is 5.60. The van der Waals surface area contributed by atoms with E-state index in [9.17, 15) is 23.3 Å². The highest BCUT2D eigenvalue weighted by Crippen LogP contribution is 2.42. The fourth-order valence-electron chi connectivity index (χ4n) is 2.97. The number of halogens is 4. The van der Waals surface area contributed by atoms with E-state index in [1.165, 1.54) is 11.3 Å². The van der Waals surface area contributed by atoms with E-state index in [0.29, 0.717) is 6.07 Å². The molecule has 0 aliphatic carbocycles. The molecule has 0 radical (unpaired) electrons. The highest BCUT2D eigenvalue weighted by atomic mass is 35.5. The Morgan fingerprint density at radius 2 is 2.03 bits per heavy atom. The number of alkyl halides is 3. The van der Waals surface area contributed by atoms with Gasteiger partial charge in [0.05, 0.1) is 34.4 Å². The Balaban J connectivity index is 1.93. The average molecular weight is 450 g/mol. The van der Waals surface area contributed by atoms with Crippen molar-refractivity contribution in [2.45, 2.75) is 38.5 Å². The second-order valence-corrected chi connectivity index (χ2v) is 9.00. The molecule has 1 aliphatic heterocycles. The van der Waals surface area contributed by atoms with Gasteiger partial charge < -0.3 is 9.64 Å². The van der Waals surface area contributed by atoms with E-state index >= 15 is 0 Å². The normalized spacial score (nSPS) is 18.2. The number of rotatable bonds is 3. The lowest BCUT2D eigenvalue weighted by Gasteiger charge is -2.33. The summed E-state index contributed by atoms with van der Waals surface area (Å²) in [4.78, 5) is 16.9. The van der Waals surface area contributed by atoms with Crippen molar-refractivity contribution in [3.63, 3.8) is 0 Å². The van der Waals surface area contributed by atoms with Gasteiger partial charge in [0.15, 0.2) is 0 Å². The standard InChI is InChI=1S/C18H19ClF3N3O3S/c1-17(2,3)15-9-29-16(23-15)14-8-24(4-5-28-14)12-7-11(19)10(18(20,21)22)6-13(12)25(26)27/h6-7,9,14H,4-5,8H2,1-3H3/t14-/m0/s1. The van der Waals surface area contributed by atoms with Crippen LogP contribution < -0.4 is 4.90 Å². The van der Waals surface area contributed by atoms with Crippen molar-refractivity contribution in [2.75, 3.05) is 24.6 Å². The van der Waals surface area contributed by atoms with Crippen LogP contribution in [0.2, 0.25) is 5.02 Å². The summed E-state index contributed by atoms with van der Waals surface area (Å²) in [6, 6.07) is 1.50. The number of hydrogen-bond acceptors (Lipinski definition) is 6. The summed E-state index contributed by atoms with van der Waals surface area (Å²) in [6.45, 7) is 6.87. The second-order valence-electron chi connectivity index (χ2n) is 7.70. The van der Waals surface area contributed by atoms with E-state index in [2.05, 4.69) is 4.98 Å². The Hall–Kier alpha value is -1.91. The summed E-state index contributed by atoms with van der Waals surface area (Å²) < 4.78 is 45.1. The number of aromatic nitrogens is 1. The quantitative estimate of drug-likeness (QED) is 0.450. The van der Waals surface area contributed by atoms with E-state index in [0.717, 1.165) is 16.8 Å². The first kappa shape index (κ1) is 21.8. The monoisotopic (exact) mass is 449 g/mol. The molecule has 2 aromatic rings. The predicted molar refractivity (Wildman–Crippen MR) is 105 cm³/mol. The lowest BCUT2D eigenvalue weighted by Crippen LogP contribution is -2.38. The molecule has 11 heteroatoms. The van der Waals surface area contributed by atoms with Crippen molar-refractivity contribution in [2.24, 2.45) is 0 Å². The molecule has 1 atom stereocenters. The molecule has 6 nitrogen and oxygen atoms in total. The molecule has 1 saturated heterocycles. The summed E-state index contributed by atoms with van der Waals surface area (Å²) in [7, 11) is 0. The van der Waals surface area contributed by atoms with Gasteiger partial charge in [-0.05, 0) is 6.07 Å². The number of nitrogens with zero attached hydrogens (tertiary/aromatic N) is 3. The molecular formula is C18H19ClF3N3O3S. The van der Waals surface area contributed by atoms with Crippen LogP contribution >= 0.6 is 22.9 Å². The van der Waals surface area contributed by atoms with E-state index in [4.69, 9.17) is 16.3 Å². The Kier molecular flexibility index (Phi) is 5.81. The van der Waals surface area contributed by atoms with Crippen molar-refractivity contribution in [3.05, 3.63) is 48.9 Å². The smallest absolute Gasteiger partial charge is 0.367 e. The van der Waals surface area contributed by atoms with Crippen molar-refractivity contribution >= 4 is 34.3 Å². The van der Waals surface area contributed by atoms with Gasteiger partial charge in [-0.25, -0.2) is 4.98 Å². The van der Waals surface area contributed by atoms with Crippen LogP contribution in [0, 0.1) is 10.1 Å². The van der Waals surface area contributed by atoms with Gasteiger partial charge in [-0.3, -0.25) is 10.1 Å². The van der Waals surface area contributed by atoms with E-state index in [1.807, 2.05) is 26.2 Å². The molecule has 1 fully saturated rings. The van der Waals surface area contributed by atoms with E-state index in [1.54, 1.807) is 4.90 Å². The van der Waals surface area contributed by atoms with Crippen LogP contribution in [-0.2, 0) is 16.3 Å². The van der Waals surface area contributed by atoms with E-state index in [-0.39, 0.29) is 30.8 Å². The highest BCUT2D eigenvalue weighted by Gasteiger charge is 2.38. The minimum Gasteiger partial charge on any atom is -0.367 e. The lowest BCUT2D eigenvalue weighted by atomic mass is 9.93. The van der Waals surface area contributed by atoms with Crippen LogP contribution in [0.5, 0.6) is 0 Å². The molecule has 0 saturated carbocycles. The van der Waals surface area contributed by atoms with Gasteiger partial charge in [-0.15, -0.1) is 11.3 Å². The summed E-state index contributed by atoms with van der Waals surface area (Å²) in [5.74, 6) is 0. The second kappa shape index (κ2) is 7.73. The molecule has 0 spiro atoms. The molecule has 0 N–H and O–H groups in total. The van der Waals surface area contributed by atoms with Crippen molar-refractivity contribution < 1.29 is 22.8 Å². The fraction of sp³-hybridized carbons (Fsp3) is 0.500. The third kappa shape index (κ3) is 4.65. The SMILES string of the molecule is CC(C)(C)c1csc([C@@H]2CN(c3cc(Cl)c(C(F)(F)F)cc3[N+](=O)[O-])CCO2)n1. The molecular weight excluding hydrogens is 431 g/mol. The van der Waals surface area contributed by atoms with Gasteiger partial charge >= 0.3 is 6.18 Å². The van der Waals surface area contributed by atoms with Crippen molar-refractivity contribution in [1.29, 1.82) is 0 Å². The average Bonchev–Trinajstić information content (AvgIpc) is 3.11. The maximum absolute atomic E-state index is 13.1. The zero-order valence-electron chi connectivity index (χ0n) is 15.9. The van der Waals surface area contributed by atoms with Gasteiger partial charge in [0, 0.05) is 23.4 Å². The number of benzene rings is 1. The molecule has 29 heavy (non-hydrogen) atoms. The molecule has 1 aliphatic rings. The fourth-order valence-corrected chi connectivity index (χ4v) is 4.31. The number of nitro groups is 1. The lowest BCUT2D eigenvalue weighted by molar-refractivity contribution is -0.384. The Morgan fingerprint density at radius 3 is 2.59 bits per heavy atom. The van der Waals surface area contributed by atoms with Crippen LogP contribution in [0.25, 0.3) is 0 Å². The Labute approximate surface area is 174 Å².